The summed E-state index contributed by atoms with van der Waals surface area (Å²) in [5, 5.41) is 4.94. The van der Waals surface area contributed by atoms with E-state index in [2.05, 4.69) is 33.9 Å². The highest BCUT2D eigenvalue weighted by atomic mass is 32.1. The van der Waals surface area contributed by atoms with Crippen molar-refractivity contribution in [2.75, 3.05) is 18.5 Å². The van der Waals surface area contributed by atoms with Crippen LogP contribution in [0.5, 0.6) is 11.5 Å². The second-order valence-corrected chi connectivity index (χ2v) is 10.7. The zero-order valence-corrected chi connectivity index (χ0v) is 23.9. The van der Waals surface area contributed by atoms with Gasteiger partial charge >= 0.3 is 0 Å². The van der Waals surface area contributed by atoms with Gasteiger partial charge in [-0.15, -0.1) is 0 Å². The normalized spacial score (nSPS) is 10.9. The van der Waals surface area contributed by atoms with Crippen molar-refractivity contribution in [2.45, 2.75) is 90.5 Å². The van der Waals surface area contributed by atoms with Gasteiger partial charge in [-0.1, -0.05) is 107 Å². The summed E-state index contributed by atoms with van der Waals surface area (Å²) in [5.41, 5.74) is 4.02. The number of benzene rings is 2. The van der Waals surface area contributed by atoms with Crippen molar-refractivity contribution in [2.24, 2.45) is 0 Å². The number of nitrogens with one attached hydrogen (secondary N) is 1. The van der Waals surface area contributed by atoms with E-state index in [-0.39, 0.29) is 12.5 Å². The Bertz CT molecular complexity index is 1020. The average molecular weight is 538 g/mol. The molecule has 1 amide bonds. The molecule has 38 heavy (non-hydrogen) atoms. The molecular weight excluding hydrogens is 492 g/mol. The molecule has 0 aliphatic heterocycles. The number of thiazole rings is 1. The Labute approximate surface area is 233 Å². The Hall–Kier alpha value is -2.86. The summed E-state index contributed by atoms with van der Waals surface area (Å²) in [6.07, 6.45) is 18.0. The van der Waals surface area contributed by atoms with Crippen molar-refractivity contribution in [1.82, 2.24) is 0 Å². The highest BCUT2D eigenvalue weighted by Crippen LogP contribution is 2.20. The van der Waals surface area contributed by atoms with Gasteiger partial charge in [-0.2, -0.15) is 4.57 Å². The third-order valence-corrected chi connectivity index (χ3v) is 7.24. The molecule has 5 nitrogen and oxygen atoms in total. The van der Waals surface area contributed by atoms with Crippen molar-refractivity contribution in [3.8, 4) is 11.5 Å². The smallest absolute Gasteiger partial charge is 0.262 e. The predicted molar refractivity (Wildman–Crippen MR) is 157 cm³/mol. The number of amides is 1. The van der Waals surface area contributed by atoms with Crippen LogP contribution in [0.15, 0.2) is 65.6 Å². The van der Waals surface area contributed by atoms with Crippen LogP contribution in [0.4, 0.5) is 5.69 Å². The van der Waals surface area contributed by atoms with Gasteiger partial charge in [-0.25, -0.2) is 0 Å². The lowest BCUT2D eigenvalue weighted by atomic mass is 10.1. The molecule has 6 heteroatoms. The summed E-state index contributed by atoms with van der Waals surface area (Å²) in [4.78, 5) is 12.4. The Balaban J connectivity index is 1.23. The number of hydrogen-bond acceptors (Lipinski definition) is 4. The lowest BCUT2D eigenvalue weighted by Crippen LogP contribution is -2.30. The Kier molecular flexibility index (Phi) is 14.4. The Morgan fingerprint density at radius 2 is 1.45 bits per heavy atom. The van der Waals surface area contributed by atoms with Gasteiger partial charge in [0.2, 0.25) is 5.51 Å². The molecule has 3 rings (SSSR count). The second-order valence-electron chi connectivity index (χ2n) is 9.95. The minimum Gasteiger partial charge on any atom is -0.493 e. The molecule has 1 N–H and O–H groups in total. The largest absolute Gasteiger partial charge is 0.493 e. The van der Waals surface area contributed by atoms with E-state index >= 15 is 0 Å². The first kappa shape index (κ1) is 29.7. The monoisotopic (exact) mass is 537 g/mol. The summed E-state index contributed by atoms with van der Waals surface area (Å²) < 4.78 is 13.7. The molecule has 0 fully saturated rings. The van der Waals surface area contributed by atoms with E-state index in [0.29, 0.717) is 12.4 Å². The standard InChI is InChI=1S/C32H44N2O3S/c1-2-3-4-5-6-7-8-9-10-11-12-13-22-36-30-15-14-16-31(24-30)37-26-32(35)33-29-19-17-28(18-20-29)25-34-21-23-38-27-34/h14-21,23-24,27H,2-13,22,25-26H2,1H3/p+1. The molecule has 0 atom stereocenters. The molecule has 2 aromatic carbocycles. The maximum absolute atomic E-state index is 12.4. The van der Waals surface area contributed by atoms with Crippen LogP contribution in [0.1, 0.15) is 89.5 Å². The van der Waals surface area contributed by atoms with Gasteiger partial charge in [0.15, 0.2) is 19.3 Å². The average Bonchev–Trinajstić information content (AvgIpc) is 3.45. The zero-order valence-electron chi connectivity index (χ0n) is 23.0. The number of hydrogen-bond donors (Lipinski definition) is 1. The van der Waals surface area contributed by atoms with Gasteiger partial charge in [0.05, 0.1) is 12.0 Å². The van der Waals surface area contributed by atoms with Crippen molar-refractivity contribution in [3.63, 3.8) is 0 Å². The molecule has 0 aliphatic rings. The lowest BCUT2D eigenvalue weighted by molar-refractivity contribution is -0.683. The molecule has 0 saturated heterocycles. The molecule has 0 spiro atoms. The molecule has 0 unspecified atom stereocenters. The fraction of sp³-hybridized carbons (Fsp3) is 0.500. The number of nitrogens with zero attached hydrogens (tertiary/aromatic N) is 1. The highest BCUT2D eigenvalue weighted by Gasteiger charge is 2.07. The number of anilines is 1. The molecular formula is C32H45N2O3S+. The minimum absolute atomic E-state index is 0.0469. The molecule has 0 bridgehead atoms. The van der Waals surface area contributed by atoms with Crippen LogP contribution < -0.4 is 19.4 Å². The molecule has 1 heterocycles. The quantitative estimate of drug-likeness (QED) is 0.117. The van der Waals surface area contributed by atoms with E-state index in [4.69, 9.17) is 9.47 Å². The van der Waals surface area contributed by atoms with Crippen molar-refractivity contribution >= 4 is 22.9 Å². The van der Waals surface area contributed by atoms with Crippen LogP contribution in [-0.4, -0.2) is 19.1 Å². The Morgan fingerprint density at radius 1 is 0.816 bits per heavy atom. The predicted octanol–water partition coefficient (Wildman–Crippen LogP) is 8.18. The van der Waals surface area contributed by atoms with Crippen LogP contribution in [-0.2, 0) is 11.3 Å². The summed E-state index contributed by atoms with van der Waals surface area (Å²) in [6, 6.07) is 15.4. The topological polar surface area (TPSA) is 51.4 Å². The van der Waals surface area contributed by atoms with E-state index in [1.54, 1.807) is 11.3 Å². The first-order valence-corrected chi connectivity index (χ1v) is 15.3. The van der Waals surface area contributed by atoms with Crippen LogP contribution >= 0.6 is 11.3 Å². The molecule has 206 valence electrons. The molecule has 0 radical (unpaired) electrons. The summed E-state index contributed by atoms with van der Waals surface area (Å²) in [6.45, 7) is 3.75. The van der Waals surface area contributed by atoms with E-state index in [9.17, 15) is 4.79 Å². The summed E-state index contributed by atoms with van der Waals surface area (Å²) in [5.74, 6) is 1.23. The van der Waals surface area contributed by atoms with E-state index in [1.165, 1.54) is 76.2 Å². The van der Waals surface area contributed by atoms with E-state index in [0.717, 1.165) is 24.4 Å². The summed E-state index contributed by atoms with van der Waals surface area (Å²) in [7, 11) is 0. The summed E-state index contributed by atoms with van der Waals surface area (Å²) >= 11 is 1.67. The van der Waals surface area contributed by atoms with Gasteiger partial charge in [-0.3, -0.25) is 4.79 Å². The third kappa shape index (κ3) is 12.6. The molecule has 1 aromatic heterocycles. The van der Waals surface area contributed by atoms with Crippen molar-refractivity contribution < 1.29 is 18.8 Å². The van der Waals surface area contributed by atoms with Crippen LogP contribution in [0.25, 0.3) is 0 Å². The third-order valence-electron chi connectivity index (χ3n) is 6.57. The fourth-order valence-corrected chi connectivity index (χ4v) is 4.99. The molecule has 0 aliphatic carbocycles. The fourth-order valence-electron chi connectivity index (χ4n) is 4.39. The number of aromatic nitrogens is 1. The van der Waals surface area contributed by atoms with Crippen molar-refractivity contribution in [1.29, 1.82) is 0 Å². The maximum Gasteiger partial charge on any atom is 0.262 e. The van der Waals surface area contributed by atoms with Gasteiger partial charge in [0, 0.05) is 17.3 Å². The van der Waals surface area contributed by atoms with Crippen molar-refractivity contribution in [3.05, 3.63) is 71.2 Å². The number of carbonyl (C=O) groups is 1. The number of carbonyl (C=O) groups excluding carboxylic acids is 1. The van der Waals surface area contributed by atoms with Crippen LogP contribution in [0.3, 0.4) is 0 Å². The van der Waals surface area contributed by atoms with Gasteiger partial charge in [-0.05, 0) is 30.7 Å². The molecule has 0 saturated carbocycles. The highest BCUT2D eigenvalue weighted by molar-refractivity contribution is 7.07. The van der Waals surface area contributed by atoms with Crippen LogP contribution in [0.2, 0.25) is 0 Å². The van der Waals surface area contributed by atoms with Gasteiger partial charge in [0.1, 0.15) is 11.5 Å². The van der Waals surface area contributed by atoms with E-state index < -0.39 is 0 Å². The van der Waals surface area contributed by atoms with Crippen LogP contribution in [0, 0.1) is 0 Å². The second kappa shape index (κ2) is 18.4. The molecule has 3 aromatic rings. The maximum atomic E-state index is 12.4. The first-order valence-electron chi connectivity index (χ1n) is 14.4. The zero-order chi connectivity index (χ0) is 26.7. The number of unbranched alkanes of at least 4 members (excludes halogenated alkanes) is 11. The lowest BCUT2D eigenvalue weighted by Gasteiger charge is -2.10. The SMILES string of the molecule is CCCCCCCCCCCCCCOc1cccc(OCC(=O)Nc2ccc(C[n+]3ccsc3)cc2)c1. The van der Waals surface area contributed by atoms with Gasteiger partial charge < -0.3 is 14.8 Å². The first-order chi connectivity index (χ1) is 18.7. The number of rotatable bonds is 20. The minimum atomic E-state index is -0.187. The number of ether oxygens (including phenoxy) is 2. The van der Waals surface area contributed by atoms with Gasteiger partial charge in [0.25, 0.3) is 5.91 Å². The Morgan fingerprint density at radius 3 is 2.08 bits per heavy atom. The van der Waals surface area contributed by atoms with E-state index in [1.807, 2.05) is 48.5 Å².